The van der Waals surface area contributed by atoms with Crippen LogP contribution in [0.1, 0.15) is 44.1 Å². The number of fused-ring (bicyclic) bond motifs is 1. The van der Waals surface area contributed by atoms with Crippen molar-refractivity contribution in [1.82, 2.24) is 9.97 Å². The van der Waals surface area contributed by atoms with Crippen LogP contribution in [0.25, 0.3) is 0 Å². The number of rotatable bonds is 3. The van der Waals surface area contributed by atoms with Gasteiger partial charge in [-0.3, -0.25) is 0 Å². The summed E-state index contributed by atoms with van der Waals surface area (Å²) in [6.45, 7) is 0.999. The molecule has 1 aliphatic heterocycles. The number of hydrogen-bond acceptors (Lipinski definition) is 4. The van der Waals surface area contributed by atoms with Gasteiger partial charge in [-0.2, -0.15) is 0 Å². The van der Waals surface area contributed by atoms with Crippen LogP contribution >= 0.6 is 0 Å². The number of hydrogen-bond donors (Lipinski definition) is 1. The quantitative estimate of drug-likeness (QED) is 0.858. The molecule has 4 nitrogen and oxygen atoms in total. The van der Waals surface area contributed by atoms with Gasteiger partial charge >= 0.3 is 0 Å². The zero-order valence-electron chi connectivity index (χ0n) is 13.5. The summed E-state index contributed by atoms with van der Waals surface area (Å²) >= 11 is 0. The summed E-state index contributed by atoms with van der Waals surface area (Å²) in [4.78, 5) is 11.3. The van der Waals surface area contributed by atoms with E-state index in [0.717, 1.165) is 24.6 Å². The van der Waals surface area contributed by atoms with Gasteiger partial charge in [0.25, 0.3) is 0 Å². The van der Waals surface area contributed by atoms with E-state index in [1.165, 1.54) is 49.8 Å². The second kappa shape index (κ2) is 6.57. The molecule has 1 aliphatic carbocycles. The molecule has 23 heavy (non-hydrogen) atoms. The van der Waals surface area contributed by atoms with Gasteiger partial charge in [0.1, 0.15) is 18.0 Å². The topological polar surface area (TPSA) is 41.0 Å². The summed E-state index contributed by atoms with van der Waals surface area (Å²) in [7, 11) is 0. The van der Waals surface area contributed by atoms with Crippen LogP contribution in [0.4, 0.5) is 17.3 Å². The third-order valence-corrected chi connectivity index (χ3v) is 5.02. The first-order valence-corrected chi connectivity index (χ1v) is 8.84. The fourth-order valence-corrected chi connectivity index (χ4v) is 3.78. The zero-order valence-corrected chi connectivity index (χ0v) is 13.5. The lowest BCUT2D eigenvalue weighted by Crippen LogP contribution is -2.20. The molecule has 2 aromatic rings. The van der Waals surface area contributed by atoms with Crippen molar-refractivity contribution < 1.29 is 0 Å². The Kier molecular flexibility index (Phi) is 4.14. The molecule has 1 aromatic carbocycles. The highest BCUT2D eigenvalue weighted by molar-refractivity contribution is 5.68. The molecule has 0 amide bonds. The molecule has 4 heteroatoms. The Morgan fingerprint density at radius 3 is 2.70 bits per heavy atom. The summed E-state index contributed by atoms with van der Waals surface area (Å²) in [5, 5.41) is 3.63. The minimum absolute atomic E-state index is 0.561. The van der Waals surface area contributed by atoms with Crippen molar-refractivity contribution in [1.29, 1.82) is 0 Å². The maximum atomic E-state index is 4.51. The zero-order chi connectivity index (χ0) is 15.5. The molecule has 2 heterocycles. The maximum Gasteiger partial charge on any atom is 0.138 e. The molecular weight excluding hydrogens is 284 g/mol. The van der Waals surface area contributed by atoms with Gasteiger partial charge in [0.15, 0.2) is 0 Å². The third kappa shape index (κ3) is 3.16. The highest BCUT2D eigenvalue weighted by Gasteiger charge is 2.21. The second-order valence-electron chi connectivity index (χ2n) is 6.62. The van der Waals surface area contributed by atoms with Crippen LogP contribution in [0.5, 0.6) is 0 Å². The Labute approximate surface area is 138 Å². The first kappa shape index (κ1) is 14.5. The largest absolute Gasteiger partial charge is 0.367 e. The van der Waals surface area contributed by atoms with Crippen molar-refractivity contribution in [2.75, 3.05) is 16.8 Å². The van der Waals surface area contributed by atoms with Crippen LogP contribution in [-0.4, -0.2) is 22.6 Å². The molecule has 0 radical (unpaired) electrons. The number of nitrogens with one attached hydrogen (secondary N) is 1. The summed E-state index contributed by atoms with van der Waals surface area (Å²) in [5.74, 6) is 1.97. The van der Waals surface area contributed by atoms with E-state index in [1.807, 2.05) is 0 Å². The Balaban J connectivity index is 1.53. The number of benzene rings is 1. The van der Waals surface area contributed by atoms with Crippen molar-refractivity contribution >= 4 is 17.3 Å². The van der Waals surface area contributed by atoms with Gasteiger partial charge in [-0.05, 0) is 30.9 Å². The van der Waals surface area contributed by atoms with E-state index in [4.69, 9.17) is 0 Å². The van der Waals surface area contributed by atoms with Crippen LogP contribution in [0.3, 0.4) is 0 Å². The minimum atomic E-state index is 0.561. The number of nitrogens with zero attached hydrogens (tertiary/aromatic N) is 3. The van der Waals surface area contributed by atoms with Gasteiger partial charge in [-0.15, -0.1) is 0 Å². The SMILES string of the molecule is c1ccc2c(c1)CCN2c1cc(NC2CCCCCC2)ncn1. The molecule has 4 rings (SSSR count). The van der Waals surface area contributed by atoms with Gasteiger partial charge in [-0.25, -0.2) is 9.97 Å². The predicted molar refractivity (Wildman–Crippen MR) is 94.3 cm³/mol. The summed E-state index contributed by atoms with van der Waals surface area (Å²) in [5.41, 5.74) is 2.69. The summed E-state index contributed by atoms with van der Waals surface area (Å²) in [6.07, 6.45) is 10.7. The molecule has 1 saturated carbocycles. The van der Waals surface area contributed by atoms with E-state index in [0.29, 0.717) is 6.04 Å². The molecule has 1 aromatic heterocycles. The number of anilines is 3. The van der Waals surface area contributed by atoms with Crippen LogP contribution in [0, 0.1) is 0 Å². The molecule has 2 aliphatic rings. The Morgan fingerprint density at radius 1 is 1.00 bits per heavy atom. The van der Waals surface area contributed by atoms with Gasteiger partial charge in [-0.1, -0.05) is 43.9 Å². The van der Waals surface area contributed by atoms with Crippen molar-refractivity contribution in [3.63, 3.8) is 0 Å². The second-order valence-corrected chi connectivity index (χ2v) is 6.62. The maximum absolute atomic E-state index is 4.51. The molecular formula is C19H24N4. The summed E-state index contributed by atoms with van der Waals surface area (Å²) in [6, 6.07) is 11.3. The summed E-state index contributed by atoms with van der Waals surface area (Å²) < 4.78 is 0. The van der Waals surface area contributed by atoms with Crippen LogP contribution in [-0.2, 0) is 6.42 Å². The highest BCUT2D eigenvalue weighted by atomic mass is 15.2. The molecule has 0 atom stereocenters. The fourth-order valence-electron chi connectivity index (χ4n) is 3.78. The van der Waals surface area contributed by atoms with E-state index in [-0.39, 0.29) is 0 Å². The molecule has 0 spiro atoms. The standard InChI is InChI=1S/C19H24N4/c1-2-4-9-16(8-3-1)22-18-13-19(21-14-20-18)23-12-11-15-7-5-6-10-17(15)23/h5-7,10,13-14,16H,1-4,8-9,11-12H2,(H,20,21,22). The Morgan fingerprint density at radius 2 is 1.83 bits per heavy atom. The van der Waals surface area contributed by atoms with Crippen molar-refractivity contribution in [3.05, 3.63) is 42.2 Å². The van der Waals surface area contributed by atoms with E-state index in [9.17, 15) is 0 Å². The lowest BCUT2D eigenvalue weighted by Gasteiger charge is -2.21. The lowest BCUT2D eigenvalue weighted by molar-refractivity contribution is 0.617. The van der Waals surface area contributed by atoms with Crippen LogP contribution in [0.2, 0.25) is 0 Å². The van der Waals surface area contributed by atoms with Crippen molar-refractivity contribution in [2.24, 2.45) is 0 Å². The van der Waals surface area contributed by atoms with E-state index in [2.05, 4.69) is 50.5 Å². The van der Waals surface area contributed by atoms with E-state index < -0.39 is 0 Å². The predicted octanol–water partition coefficient (Wildman–Crippen LogP) is 4.31. The van der Waals surface area contributed by atoms with Crippen molar-refractivity contribution in [3.8, 4) is 0 Å². The first-order chi connectivity index (χ1) is 11.4. The monoisotopic (exact) mass is 308 g/mol. The molecule has 0 saturated heterocycles. The first-order valence-electron chi connectivity index (χ1n) is 8.84. The fraction of sp³-hybridized carbons (Fsp3) is 0.474. The average molecular weight is 308 g/mol. The molecule has 120 valence electrons. The van der Waals surface area contributed by atoms with Gasteiger partial charge in [0.05, 0.1) is 0 Å². The lowest BCUT2D eigenvalue weighted by atomic mass is 10.1. The van der Waals surface area contributed by atoms with Gasteiger partial charge in [0, 0.05) is 24.3 Å². The van der Waals surface area contributed by atoms with Gasteiger partial charge < -0.3 is 10.2 Å². The van der Waals surface area contributed by atoms with Crippen molar-refractivity contribution in [2.45, 2.75) is 51.0 Å². The van der Waals surface area contributed by atoms with E-state index >= 15 is 0 Å². The smallest absolute Gasteiger partial charge is 0.138 e. The van der Waals surface area contributed by atoms with Crippen LogP contribution in [0.15, 0.2) is 36.7 Å². The highest BCUT2D eigenvalue weighted by Crippen LogP contribution is 2.33. The molecule has 0 unspecified atom stereocenters. The van der Waals surface area contributed by atoms with Crippen LogP contribution < -0.4 is 10.2 Å². The number of para-hydroxylation sites is 1. The average Bonchev–Trinajstić information content (AvgIpc) is 2.85. The molecule has 1 N–H and O–H groups in total. The van der Waals surface area contributed by atoms with Gasteiger partial charge in [0.2, 0.25) is 0 Å². The van der Waals surface area contributed by atoms with E-state index in [1.54, 1.807) is 6.33 Å². The minimum Gasteiger partial charge on any atom is -0.367 e. The molecule has 0 bridgehead atoms. The number of aromatic nitrogens is 2. The molecule has 1 fully saturated rings. The Bertz CT molecular complexity index is 662. The normalized spacial score (nSPS) is 18.5. The Hall–Kier alpha value is -2.10. The third-order valence-electron chi connectivity index (χ3n) is 5.02.